The molecule has 7 unspecified atom stereocenters. The lowest BCUT2D eigenvalue weighted by Gasteiger charge is -2.41. The molecule has 80 heavy (non-hydrogen) atoms. The number of allylic oxidation sites excluding steroid dienone is 2. The van der Waals surface area contributed by atoms with Gasteiger partial charge in [-0.25, -0.2) is 4.18 Å². The average Bonchev–Trinajstić information content (AvgIpc) is 3.44. The average molecular weight is 1160 g/mol. The van der Waals surface area contributed by atoms with Crippen LogP contribution in [0.4, 0.5) is 0 Å². The Morgan fingerprint density at radius 2 is 0.800 bits per heavy atom. The van der Waals surface area contributed by atoms with E-state index in [-0.39, 0.29) is 12.5 Å². The van der Waals surface area contributed by atoms with E-state index in [2.05, 4.69) is 35.5 Å². The summed E-state index contributed by atoms with van der Waals surface area (Å²) < 4.78 is 48.1. The summed E-state index contributed by atoms with van der Waals surface area (Å²) in [6, 6.07) is -0.857. The molecular formula is C67H131NO11S. The third-order valence-electron chi connectivity index (χ3n) is 16.8. The van der Waals surface area contributed by atoms with Crippen molar-refractivity contribution >= 4 is 16.3 Å². The normalized spacial score (nSPS) is 18.6. The Kier molecular flexibility index (Phi) is 54.7. The first-order chi connectivity index (χ1) is 39.0. The molecule has 1 amide bonds. The van der Waals surface area contributed by atoms with Crippen LogP contribution in [0.3, 0.4) is 0 Å². The Bertz CT molecular complexity index is 1450. The smallest absolute Gasteiger partial charge is 0.394 e. The first kappa shape index (κ1) is 76.9. The molecule has 12 nitrogen and oxygen atoms in total. The Hall–Kier alpha value is -1.16. The van der Waals surface area contributed by atoms with Crippen LogP contribution in [0, 0.1) is 0 Å². The molecular weight excluding hydrogens is 1030 g/mol. The van der Waals surface area contributed by atoms with Crippen molar-refractivity contribution in [3.63, 3.8) is 0 Å². The molecule has 13 heteroatoms. The van der Waals surface area contributed by atoms with Gasteiger partial charge < -0.3 is 35.2 Å². The molecule has 1 aliphatic heterocycles. The quantitative estimate of drug-likeness (QED) is 0.0193. The van der Waals surface area contributed by atoms with Crippen LogP contribution in [0.25, 0.3) is 0 Å². The number of hydrogen-bond acceptors (Lipinski definition) is 10. The van der Waals surface area contributed by atoms with Crippen LogP contribution in [0.5, 0.6) is 0 Å². The first-order valence-corrected chi connectivity index (χ1v) is 35.9. The van der Waals surface area contributed by atoms with Crippen molar-refractivity contribution < 1.29 is 51.8 Å². The molecule has 1 heterocycles. The van der Waals surface area contributed by atoms with Crippen LogP contribution in [-0.2, 0) is 28.9 Å². The second kappa shape index (κ2) is 56.9. The Labute approximate surface area is 493 Å². The zero-order valence-electron chi connectivity index (χ0n) is 52.2. The second-order valence-corrected chi connectivity index (χ2v) is 25.5. The Morgan fingerprint density at radius 3 is 1.12 bits per heavy atom. The molecule has 1 aliphatic rings. The lowest BCUT2D eigenvalue weighted by Crippen LogP contribution is -2.61. The zero-order chi connectivity index (χ0) is 58.3. The van der Waals surface area contributed by atoms with Crippen molar-refractivity contribution in [3.05, 3.63) is 12.2 Å². The number of ether oxygens (including phenoxy) is 2. The van der Waals surface area contributed by atoms with Gasteiger partial charge in [-0.2, -0.15) is 8.42 Å². The predicted octanol–water partition coefficient (Wildman–Crippen LogP) is 17.7. The van der Waals surface area contributed by atoms with Gasteiger partial charge in [-0.05, 0) is 38.5 Å². The van der Waals surface area contributed by atoms with Crippen molar-refractivity contribution in [3.8, 4) is 0 Å². The fourth-order valence-electron chi connectivity index (χ4n) is 11.5. The van der Waals surface area contributed by atoms with Gasteiger partial charge in [-0.15, -0.1) is 0 Å². The summed E-state index contributed by atoms with van der Waals surface area (Å²) in [6.07, 6.45) is 62.4. The number of unbranched alkanes of at least 4 members (excludes halogenated alkanes) is 48. The van der Waals surface area contributed by atoms with E-state index in [1.54, 1.807) is 0 Å². The highest BCUT2D eigenvalue weighted by molar-refractivity contribution is 7.80. The maximum atomic E-state index is 13.2. The molecule has 0 aliphatic carbocycles. The molecule has 6 N–H and O–H groups in total. The third kappa shape index (κ3) is 48.1. The van der Waals surface area contributed by atoms with Crippen molar-refractivity contribution in [2.24, 2.45) is 0 Å². The number of hydrogen-bond donors (Lipinski definition) is 6. The highest BCUT2D eigenvalue weighted by atomic mass is 32.3. The van der Waals surface area contributed by atoms with Crippen LogP contribution in [0.15, 0.2) is 12.2 Å². The topological polar surface area (TPSA) is 192 Å². The fraction of sp³-hybridized carbons (Fsp3) is 0.955. The van der Waals surface area contributed by atoms with Gasteiger partial charge in [-0.1, -0.05) is 321 Å². The third-order valence-corrected chi connectivity index (χ3v) is 17.3. The molecule has 7 atom stereocenters. The minimum Gasteiger partial charge on any atom is -0.394 e. The molecule has 1 rings (SSSR count). The first-order valence-electron chi connectivity index (χ1n) is 34.6. The molecule has 476 valence electrons. The van der Waals surface area contributed by atoms with E-state index in [4.69, 9.17) is 9.47 Å². The molecule has 1 saturated heterocycles. The van der Waals surface area contributed by atoms with Gasteiger partial charge in [0.05, 0.1) is 25.4 Å². The molecule has 0 spiro atoms. The maximum Gasteiger partial charge on any atom is 0.397 e. The molecule has 0 aromatic heterocycles. The highest BCUT2D eigenvalue weighted by Crippen LogP contribution is 2.27. The van der Waals surface area contributed by atoms with Crippen LogP contribution in [0.1, 0.15) is 354 Å². The van der Waals surface area contributed by atoms with Crippen LogP contribution < -0.4 is 5.32 Å². The van der Waals surface area contributed by atoms with Gasteiger partial charge in [0.15, 0.2) is 6.29 Å². The molecule has 1 fully saturated rings. The lowest BCUT2D eigenvalue weighted by atomic mass is 9.99. The summed E-state index contributed by atoms with van der Waals surface area (Å²) in [4.78, 5) is 13.2. The highest BCUT2D eigenvalue weighted by Gasteiger charge is 2.48. The van der Waals surface area contributed by atoms with Crippen molar-refractivity contribution in [2.45, 2.75) is 397 Å². The monoisotopic (exact) mass is 1160 g/mol. The van der Waals surface area contributed by atoms with Crippen molar-refractivity contribution in [2.75, 3.05) is 13.2 Å². The number of aliphatic hydroxyl groups is 4. The number of amides is 1. The Morgan fingerprint density at radius 1 is 0.487 bits per heavy atom. The maximum absolute atomic E-state index is 13.2. The molecule has 0 radical (unpaired) electrons. The van der Waals surface area contributed by atoms with Gasteiger partial charge >= 0.3 is 10.4 Å². The number of carbonyl (C=O) groups is 1. The van der Waals surface area contributed by atoms with Crippen LogP contribution in [0.2, 0.25) is 0 Å². The van der Waals surface area contributed by atoms with Crippen LogP contribution in [-0.4, -0.2) is 95.4 Å². The number of aliphatic hydroxyl groups excluding tert-OH is 4. The van der Waals surface area contributed by atoms with E-state index in [1.807, 2.05) is 0 Å². The van der Waals surface area contributed by atoms with E-state index in [0.717, 1.165) is 51.4 Å². The molecule has 0 saturated carbocycles. The Balaban J connectivity index is 2.24. The number of rotatable bonds is 62. The van der Waals surface area contributed by atoms with Gasteiger partial charge in [0.1, 0.15) is 24.4 Å². The summed E-state index contributed by atoms with van der Waals surface area (Å²) in [7, 11) is -5.08. The summed E-state index contributed by atoms with van der Waals surface area (Å²) in [5.74, 6) is -0.222. The molecule has 0 bridgehead atoms. The van der Waals surface area contributed by atoms with Gasteiger partial charge in [-0.3, -0.25) is 9.35 Å². The predicted molar refractivity (Wildman–Crippen MR) is 333 cm³/mol. The summed E-state index contributed by atoms with van der Waals surface area (Å²) in [5.41, 5.74) is 0. The number of nitrogens with one attached hydrogen (secondary N) is 1. The van der Waals surface area contributed by atoms with E-state index in [9.17, 15) is 38.2 Å². The van der Waals surface area contributed by atoms with E-state index < -0.39 is 59.9 Å². The SMILES string of the molecule is CCCCCCCCCCCCCC/C=C\CCCCCCCCCCCCCCCC(=O)NC(COC1OC(CO)C(O)C(OS(=O)(=O)O)C1O)C(O)CCCCCCCCCCCCCCCCCCCCCCCCCC. The molecule has 0 aromatic rings. The van der Waals surface area contributed by atoms with E-state index in [1.165, 1.54) is 276 Å². The summed E-state index contributed by atoms with van der Waals surface area (Å²) >= 11 is 0. The lowest BCUT2D eigenvalue weighted by molar-refractivity contribution is -0.298. The van der Waals surface area contributed by atoms with Crippen molar-refractivity contribution in [1.82, 2.24) is 5.32 Å². The summed E-state index contributed by atoms with van der Waals surface area (Å²) in [6.45, 7) is 3.52. The minimum atomic E-state index is -5.08. The van der Waals surface area contributed by atoms with Gasteiger partial charge in [0.2, 0.25) is 5.91 Å². The molecule has 0 aromatic carbocycles. The zero-order valence-corrected chi connectivity index (χ0v) is 53.0. The fourth-order valence-corrected chi connectivity index (χ4v) is 12.0. The van der Waals surface area contributed by atoms with Crippen molar-refractivity contribution in [1.29, 1.82) is 0 Å². The van der Waals surface area contributed by atoms with Crippen LogP contribution >= 0.6 is 0 Å². The second-order valence-electron chi connectivity index (χ2n) is 24.5. The standard InChI is InChI=1S/C67H131NO11S/c1-3-5-7-9-11-13-15-17-19-21-23-25-27-29-30-31-32-33-35-37-39-41-43-45-47-49-51-53-55-57-63(71)68-60(59-77-67-65(73)66(79-80(74,75)76)64(72)62(58-69)78-67)61(70)56-54-52-50-48-46-44-42-40-38-36-34-28-26-24-22-20-18-16-14-12-10-8-6-4-2/h29-30,60-62,64-67,69-70,72-73H,3-28,31-59H2,1-2H3,(H,68,71)(H,74,75,76)/b30-29-. The van der Waals surface area contributed by atoms with E-state index in [0.29, 0.717) is 12.8 Å². The van der Waals surface area contributed by atoms with E-state index >= 15 is 0 Å². The van der Waals surface area contributed by atoms with Gasteiger partial charge in [0, 0.05) is 6.42 Å². The number of carbonyl (C=O) groups excluding carboxylic acids is 1. The largest absolute Gasteiger partial charge is 0.397 e. The minimum absolute atomic E-state index is 0.222. The summed E-state index contributed by atoms with van der Waals surface area (Å²) in [5, 5.41) is 45.3. The van der Waals surface area contributed by atoms with Gasteiger partial charge in [0.25, 0.3) is 0 Å².